The fourth-order valence-corrected chi connectivity index (χ4v) is 4.54. The van der Waals surface area contributed by atoms with Crippen molar-refractivity contribution < 1.29 is 18.7 Å². The molecule has 2 heterocycles. The number of benzene rings is 2. The first-order valence-electron chi connectivity index (χ1n) is 11.5. The molecule has 1 aliphatic rings. The number of carbonyl (C=O) groups excluding carboxylic acids is 1. The van der Waals surface area contributed by atoms with Gasteiger partial charge in [-0.25, -0.2) is 9.37 Å². The van der Waals surface area contributed by atoms with Gasteiger partial charge in [0.1, 0.15) is 23.2 Å². The van der Waals surface area contributed by atoms with E-state index in [-0.39, 0.29) is 11.5 Å². The lowest BCUT2D eigenvalue weighted by Crippen LogP contribution is -2.43. The first kappa shape index (κ1) is 24.3. The van der Waals surface area contributed by atoms with E-state index in [0.717, 1.165) is 35.1 Å². The van der Waals surface area contributed by atoms with Crippen LogP contribution in [0.4, 0.5) is 4.39 Å². The van der Waals surface area contributed by atoms with E-state index in [1.54, 1.807) is 17.0 Å². The summed E-state index contributed by atoms with van der Waals surface area (Å²) in [5.41, 5.74) is 3.15. The molecule has 0 bridgehead atoms. The van der Waals surface area contributed by atoms with Gasteiger partial charge >= 0.3 is 0 Å². The molecule has 1 saturated heterocycles. The molecule has 2 aromatic carbocycles. The number of ether oxygens (including phenoxy) is 2. The van der Waals surface area contributed by atoms with Gasteiger partial charge in [0.05, 0.1) is 31.0 Å². The summed E-state index contributed by atoms with van der Waals surface area (Å²) >= 11 is 1.50. The van der Waals surface area contributed by atoms with Gasteiger partial charge in [-0.2, -0.15) is 0 Å². The topological polar surface area (TPSA) is 54.9 Å². The molecular formula is C26H30FN3O3S. The third-order valence-corrected chi connectivity index (χ3v) is 6.91. The molecule has 0 radical (unpaired) electrons. The minimum Gasteiger partial charge on any atom is -0.486 e. The summed E-state index contributed by atoms with van der Waals surface area (Å²) in [6, 6.07) is 12.1. The average molecular weight is 484 g/mol. The first-order chi connectivity index (χ1) is 16.5. The van der Waals surface area contributed by atoms with Crippen LogP contribution in [-0.4, -0.2) is 60.1 Å². The van der Waals surface area contributed by atoms with Crippen molar-refractivity contribution in [3.8, 4) is 5.75 Å². The largest absolute Gasteiger partial charge is 0.486 e. The Kier molecular flexibility index (Phi) is 8.26. The Morgan fingerprint density at radius 2 is 1.97 bits per heavy atom. The lowest BCUT2D eigenvalue weighted by Gasteiger charge is -2.30. The monoisotopic (exact) mass is 483 g/mol. The molecule has 0 saturated carbocycles. The number of nitrogens with zero attached hydrogens (tertiary/aromatic N) is 3. The summed E-state index contributed by atoms with van der Waals surface area (Å²) < 4.78 is 25.8. The molecule has 0 aliphatic carbocycles. The summed E-state index contributed by atoms with van der Waals surface area (Å²) in [6.07, 6.45) is 0. The summed E-state index contributed by atoms with van der Waals surface area (Å²) in [6.45, 7) is 9.02. The van der Waals surface area contributed by atoms with E-state index in [9.17, 15) is 9.18 Å². The maximum Gasteiger partial charge on any atom is 0.257 e. The number of aromatic nitrogens is 1. The van der Waals surface area contributed by atoms with E-state index in [1.165, 1.54) is 29.0 Å². The molecule has 8 heteroatoms. The molecule has 1 aliphatic heterocycles. The third-order valence-electron chi connectivity index (χ3n) is 6.04. The van der Waals surface area contributed by atoms with E-state index in [4.69, 9.17) is 9.47 Å². The number of hydrogen-bond acceptors (Lipinski definition) is 6. The molecule has 1 aromatic heterocycles. The van der Waals surface area contributed by atoms with Crippen molar-refractivity contribution in [1.29, 1.82) is 0 Å². The van der Waals surface area contributed by atoms with Crippen molar-refractivity contribution in [2.45, 2.75) is 27.0 Å². The highest BCUT2D eigenvalue weighted by Gasteiger charge is 2.22. The summed E-state index contributed by atoms with van der Waals surface area (Å²) in [5.74, 6) is 0.0101. The van der Waals surface area contributed by atoms with E-state index < -0.39 is 5.82 Å². The van der Waals surface area contributed by atoms with Gasteiger partial charge < -0.3 is 14.4 Å². The number of carbonyl (C=O) groups is 1. The normalized spacial score (nSPS) is 14.2. The Morgan fingerprint density at radius 1 is 1.18 bits per heavy atom. The molecule has 0 unspecified atom stereocenters. The number of rotatable bonds is 9. The van der Waals surface area contributed by atoms with Crippen molar-refractivity contribution in [1.82, 2.24) is 14.8 Å². The zero-order valence-corrected chi connectivity index (χ0v) is 20.4. The number of halogens is 1. The SMILES string of the molecule is Cc1cccc(OCc2nc(CN(CCN3CCOCC3)C(=O)c3ccccc3F)cs2)c1C. The fraction of sp³-hybridized carbons (Fsp3) is 0.385. The predicted octanol–water partition coefficient (Wildman–Crippen LogP) is 4.45. The standard InChI is InChI=1S/C26H30FN3O3S/c1-19-6-5-9-24(20(19)2)33-17-25-28-21(18-34-25)16-30(11-10-29-12-14-32-15-13-29)26(31)22-7-3-4-8-23(22)27/h3-9,18H,10-17H2,1-2H3. The number of hydrogen-bond donors (Lipinski definition) is 0. The lowest BCUT2D eigenvalue weighted by molar-refractivity contribution is 0.0319. The number of thiazole rings is 1. The van der Waals surface area contributed by atoms with Gasteiger partial charge in [-0.15, -0.1) is 11.3 Å². The van der Waals surface area contributed by atoms with Crippen LogP contribution in [0.2, 0.25) is 0 Å². The van der Waals surface area contributed by atoms with Crippen molar-refractivity contribution in [2.24, 2.45) is 0 Å². The van der Waals surface area contributed by atoms with Crippen molar-refractivity contribution in [3.05, 3.63) is 81.1 Å². The van der Waals surface area contributed by atoms with Crippen molar-refractivity contribution in [2.75, 3.05) is 39.4 Å². The van der Waals surface area contributed by atoms with E-state index in [1.807, 2.05) is 24.4 Å². The van der Waals surface area contributed by atoms with E-state index in [2.05, 4.69) is 22.9 Å². The van der Waals surface area contributed by atoms with Crippen LogP contribution in [0.3, 0.4) is 0 Å². The minimum atomic E-state index is -0.509. The highest BCUT2D eigenvalue weighted by atomic mass is 32.1. The number of amides is 1. The maximum absolute atomic E-state index is 14.4. The zero-order chi connectivity index (χ0) is 23.9. The predicted molar refractivity (Wildman–Crippen MR) is 131 cm³/mol. The molecule has 3 aromatic rings. The highest BCUT2D eigenvalue weighted by molar-refractivity contribution is 7.09. The summed E-state index contributed by atoms with van der Waals surface area (Å²) in [5, 5.41) is 2.78. The molecule has 34 heavy (non-hydrogen) atoms. The van der Waals surface area contributed by atoms with Crippen LogP contribution in [0.25, 0.3) is 0 Å². The third kappa shape index (κ3) is 6.20. The second-order valence-electron chi connectivity index (χ2n) is 8.38. The Morgan fingerprint density at radius 3 is 2.76 bits per heavy atom. The van der Waals surface area contributed by atoms with Crippen molar-refractivity contribution >= 4 is 17.2 Å². The number of aryl methyl sites for hydroxylation is 1. The molecule has 1 amide bonds. The van der Waals surface area contributed by atoms with E-state index >= 15 is 0 Å². The van der Waals surface area contributed by atoms with Crippen LogP contribution in [0.1, 0.15) is 32.2 Å². The van der Waals surface area contributed by atoms with Crippen LogP contribution >= 0.6 is 11.3 Å². The molecule has 0 N–H and O–H groups in total. The van der Waals surface area contributed by atoms with Crippen LogP contribution in [-0.2, 0) is 17.9 Å². The van der Waals surface area contributed by atoms with Crippen LogP contribution in [0.15, 0.2) is 47.8 Å². The van der Waals surface area contributed by atoms with Crippen LogP contribution in [0.5, 0.6) is 5.75 Å². The Balaban J connectivity index is 1.44. The Bertz CT molecular complexity index is 1110. The van der Waals surface area contributed by atoms with Crippen LogP contribution in [0, 0.1) is 19.7 Å². The van der Waals surface area contributed by atoms with E-state index in [0.29, 0.717) is 39.5 Å². The smallest absolute Gasteiger partial charge is 0.257 e. The highest BCUT2D eigenvalue weighted by Crippen LogP contribution is 2.23. The molecule has 0 atom stereocenters. The first-order valence-corrected chi connectivity index (χ1v) is 12.4. The molecule has 1 fully saturated rings. The zero-order valence-electron chi connectivity index (χ0n) is 19.6. The summed E-state index contributed by atoms with van der Waals surface area (Å²) in [7, 11) is 0. The van der Waals surface area contributed by atoms with Gasteiger partial charge in [0.25, 0.3) is 5.91 Å². The molecule has 180 valence electrons. The lowest BCUT2D eigenvalue weighted by atomic mass is 10.1. The quantitative estimate of drug-likeness (QED) is 0.450. The van der Waals surface area contributed by atoms with Gasteiger partial charge in [-0.1, -0.05) is 24.3 Å². The Hall–Kier alpha value is -2.81. The van der Waals surface area contributed by atoms with Gasteiger partial charge in [0.2, 0.25) is 0 Å². The fourth-order valence-electron chi connectivity index (χ4n) is 3.85. The minimum absolute atomic E-state index is 0.0817. The van der Waals surface area contributed by atoms with Gasteiger partial charge in [0, 0.05) is 31.6 Å². The van der Waals surface area contributed by atoms with Gasteiger partial charge in [0.15, 0.2) is 0 Å². The second-order valence-corrected chi connectivity index (χ2v) is 9.32. The van der Waals surface area contributed by atoms with Gasteiger partial charge in [-0.3, -0.25) is 9.69 Å². The molecule has 6 nitrogen and oxygen atoms in total. The average Bonchev–Trinajstić information content (AvgIpc) is 3.30. The Labute approximate surface area is 203 Å². The molecule has 0 spiro atoms. The molecule has 4 rings (SSSR count). The van der Waals surface area contributed by atoms with Crippen LogP contribution < -0.4 is 4.74 Å². The number of morpholine rings is 1. The maximum atomic E-state index is 14.4. The van der Waals surface area contributed by atoms with Gasteiger partial charge in [-0.05, 0) is 43.2 Å². The molecular weight excluding hydrogens is 453 g/mol. The second kappa shape index (κ2) is 11.6. The summed E-state index contributed by atoms with van der Waals surface area (Å²) in [4.78, 5) is 21.8. The van der Waals surface area contributed by atoms with Crippen molar-refractivity contribution in [3.63, 3.8) is 0 Å².